The third-order valence-corrected chi connectivity index (χ3v) is 18.6. The molecule has 17 atom stereocenters. The van der Waals surface area contributed by atoms with E-state index in [1.54, 1.807) is 20.1 Å². The molecular formula is C69H122N18O25S. The summed E-state index contributed by atoms with van der Waals surface area (Å²) in [4.78, 5) is 230. The number of nitrogens with one attached hydrogen (secondary N) is 13. The fraction of sp³-hybridized carbons (Fsp3) is 0.754. The predicted octanol–water partition coefficient (Wildman–Crippen LogP) is -8.98. The van der Waals surface area contributed by atoms with Crippen molar-refractivity contribution < 1.29 is 122 Å². The number of thioether (sulfide) groups is 1. The van der Waals surface area contributed by atoms with Crippen molar-refractivity contribution in [1.29, 1.82) is 0 Å². The molecular weight excluding hydrogens is 1510 g/mol. The van der Waals surface area contributed by atoms with Crippen molar-refractivity contribution in [2.75, 3.05) is 58.0 Å². The number of carbonyl (C=O) groups is 17. The van der Waals surface area contributed by atoms with Crippen molar-refractivity contribution in [2.24, 2.45) is 34.8 Å². The molecule has 0 aliphatic carbocycles. The van der Waals surface area contributed by atoms with Crippen LogP contribution in [0.2, 0.25) is 0 Å². The van der Waals surface area contributed by atoms with E-state index in [4.69, 9.17) is 28.0 Å². The molecule has 0 unspecified atom stereocenters. The lowest BCUT2D eigenvalue weighted by atomic mass is 10.00. The highest BCUT2D eigenvalue weighted by Gasteiger charge is 2.42. The van der Waals surface area contributed by atoms with Crippen molar-refractivity contribution in [3.8, 4) is 0 Å². The number of carboxylic acids is 3. The highest BCUT2D eigenvalue weighted by Crippen LogP contribution is 2.20. The Morgan fingerprint density at radius 3 is 1.12 bits per heavy atom. The Labute approximate surface area is 659 Å². The molecule has 1 heterocycles. The second-order valence-corrected chi connectivity index (χ2v) is 29.3. The summed E-state index contributed by atoms with van der Waals surface area (Å²) in [5.74, 6) is -19.6. The van der Waals surface area contributed by atoms with Gasteiger partial charge in [-0.25, -0.2) is 4.79 Å². The second kappa shape index (κ2) is 53.9. The Morgan fingerprint density at radius 2 is 0.735 bits per heavy atom. The number of hydrogen-bond acceptors (Lipinski definition) is 27. The number of nitrogens with zero attached hydrogens (tertiary/aromatic N) is 1. The molecule has 1 fully saturated rings. The van der Waals surface area contributed by atoms with Crippen LogP contribution in [0.15, 0.2) is 0 Å². The van der Waals surface area contributed by atoms with E-state index in [0.29, 0.717) is 19.3 Å². The van der Waals surface area contributed by atoms with E-state index in [9.17, 15) is 117 Å². The molecule has 0 aromatic carbocycles. The summed E-state index contributed by atoms with van der Waals surface area (Å²) in [6.45, 7) is 7.35. The zero-order chi connectivity index (χ0) is 85.9. The van der Waals surface area contributed by atoms with Crippen LogP contribution < -0.4 is 92.1 Å². The number of carboxylic acid groups (broad SMARTS) is 3. The third-order valence-electron chi connectivity index (χ3n) is 18.0. The molecule has 0 spiro atoms. The fourth-order valence-electron chi connectivity index (χ4n) is 11.5. The standard InChI is InChI=1S/C69H122N18O25S/c1-34(2)30-39(73)55(97)81-48(33-90)63(105)85-53(37(6)91)67(109)86-54(38(7)92)66(108)84-52(35(3)4)65(107)79-42(18-11-14-27-72)58(100)77-43(20-22-50(93)94)59(101)78-44(24-29-113-8)60(102)82-46(31-88)61(103)76-41(17-10-13-26-71)57(99)75-40(16-9-12-25-70)56(98)74-36(5)68(110)87-28-15-19-49(87)64(106)83-47(32-89)62(104)80-45(69(111)112)21-23-51(95)96/h34-49,52-54,88-92H,9-33,70-73H2,1-8H3,(H,74,98)(H,75,99)(H,76,103)(H,77,100)(H,78,101)(H,79,107)(H,80,104)(H,81,97)(H,82,102)(H,83,106)(H,84,108)(H,85,105)(H,86,109)(H,93,94)(H,95,96)(H,111,112)/t36-,37+,38+,39-,40-,41-,42-,43-,44-,45-,46-,47-,48-,49-,52-,53-,54-/m0/s1. The van der Waals surface area contributed by atoms with Gasteiger partial charge in [0.05, 0.1) is 38.1 Å². The average Bonchev–Trinajstić information content (AvgIpc) is 1.41. The van der Waals surface area contributed by atoms with Gasteiger partial charge < -0.3 is 138 Å². The van der Waals surface area contributed by atoms with Gasteiger partial charge in [-0.3, -0.25) is 76.7 Å². The molecule has 29 N–H and O–H groups in total. The molecule has 44 heteroatoms. The van der Waals surface area contributed by atoms with E-state index in [1.165, 1.54) is 32.5 Å². The largest absolute Gasteiger partial charge is 0.481 e. The van der Waals surface area contributed by atoms with E-state index in [2.05, 4.69) is 69.1 Å². The highest BCUT2D eigenvalue weighted by molar-refractivity contribution is 7.98. The first-order chi connectivity index (χ1) is 53.2. The van der Waals surface area contributed by atoms with E-state index in [0.717, 1.165) is 18.7 Å². The van der Waals surface area contributed by atoms with E-state index in [-0.39, 0.29) is 102 Å². The molecule has 1 aliphatic rings. The first kappa shape index (κ1) is 102. The van der Waals surface area contributed by atoms with Gasteiger partial charge in [0.1, 0.15) is 84.6 Å². The van der Waals surface area contributed by atoms with Crippen LogP contribution in [0.25, 0.3) is 0 Å². The minimum Gasteiger partial charge on any atom is -0.481 e. The van der Waals surface area contributed by atoms with Gasteiger partial charge in [-0.05, 0) is 161 Å². The van der Waals surface area contributed by atoms with Gasteiger partial charge in [0.25, 0.3) is 0 Å². The molecule has 644 valence electrons. The minimum absolute atomic E-state index is 0.0135. The number of amides is 14. The summed E-state index contributed by atoms with van der Waals surface area (Å²) >= 11 is 1.21. The number of hydrogen-bond donors (Lipinski definition) is 25. The minimum atomic E-state index is -1.90. The molecule has 0 aromatic rings. The summed E-state index contributed by atoms with van der Waals surface area (Å²) in [5, 5.41) is 111. The van der Waals surface area contributed by atoms with Gasteiger partial charge in [-0.1, -0.05) is 27.7 Å². The van der Waals surface area contributed by atoms with Gasteiger partial charge in [0.2, 0.25) is 82.7 Å². The number of unbranched alkanes of at least 4 members (excludes halogenated alkanes) is 3. The molecule has 0 bridgehead atoms. The highest BCUT2D eigenvalue weighted by atomic mass is 32.2. The summed E-state index contributed by atoms with van der Waals surface area (Å²) < 4.78 is 0. The molecule has 0 saturated carbocycles. The van der Waals surface area contributed by atoms with Crippen LogP contribution in [0, 0.1) is 11.8 Å². The lowest BCUT2D eigenvalue weighted by Crippen LogP contribution is -2.64. The number of carbonyl (C=O) groups excluding carboxylic acids is 14. The van der Waals surface area contributed by atoms with Crippen molar-refractivity contribution in [3.63, 3.8) is 0 Å². The van der Waals surface area contributed by atoms with Crippen LogP contribution in [0.4, 0.5) is 0 Å². The van der Waals surface area contributed by atoms with Gasteiger partial charge >= 0.3 is 17.9 Å². The Kier molecular flexibility index (Phi) is 48.6. The van der Waals surface area contributed by atoms with Crippen LogP contribution >= 0.6 is 11.8 Å². The maximum Gasteiger partial charge on any atom is 0.326 e. The number of aliphatic carboxylic acids is 3. The molecule has 0 radical (unpaired) electrons. The smallest absolute Gasteiger partial charge is 0.326 e. The fourth-order valence-corrected chi connectivity index (χ4v) is 12.0. The van der Waals surface area contributed by atoms with Crippen LogP contribution in [0.3, 0.4) is 0 Å². The van der Waals surface area contributed by atoms with Gasteiger partial charge in [-0.15, -0.1) is 0 Å². The summed E-state index contributed by atoms with van der Waals surface area (Å²) in [7, 11) is 0. The average molecular weight is 1640 g/mol. The lowest BCUT2D eigenvalue weighted by molar-refractivity contribution is -0.144. The predicted molar refractivity (Wildman–Crippen MR) is 405 cm³/mol. The molecule has 14 amide bonds. The van der Waals surface area contributed by atoms with Gasteiger partial charge in [-0.2, -0.15) is 11.8 Å². The van der Waals surface area contributed by atoms with Crippen molar-refractivity contribution in [2.45, 2.75) is 260 Å². The molecule has 0 aromatic heterocycles. The van der Waals surface area contributed by atoms with Gasteiger partial charge in [0.15, 0.2) is 0 Å². The topological polar surface area (TPSA) is 716 Å². The van der Waals surface area contributed by atoms with Crippen LogP contribution in [-0.4, -0.2) is 307 Å². The quantitative estimate of drug-likeness (QED) is 0.0252. The van der Waals surface area contributed by atoms with Crippen LogP contribution in [0.1, 0.15) is 158 Å². The van der Waals surface area contributed by atoms with Gasteiger partial charge in [0, 0.05) is 19.4 Å². The van der Waals surface area contributed by atoms with E-state index in [1.807, 2.05) is 0 Å². The monoisotopic (exact) mass is 1630 g/mol. The Morgan fingerprint density at radius 1 is 0.407 bits per heavy atom. The van der Waals surface area contributed by atoms with Crippen LogP contribution in [-0.2, 0) is 81.5 Å². The normalized spacial score (nSPS) is 16.9. The number of likely N-dealkylation sites (tertiary alicyclic amines) is 1. The summed E-state index contributed by atoms with van der Waals surface area (Å²) in [6, 6.07) is -23.8. The number of nitrogens with two attached hydrogens (primary N) is 4. The summed E-state index contributed by atoms with van der Waals surface area (Å²) in [6.07, 6.45) is -2.72. The zero-order valence-corrected chi connectivity index (χ0v) is 66.1. The summed E-state index contributed by atoms with van der Waals surface area (Å²) in [5.41, 5.74) is 23.2. The first-order valence-electron chi connectivity index (χ1n) is 37.6. The third kappa shape index (κ3) is 37.2. The van der Waals surface area contributed by atoms with E-state index < -0.39 is 255 Å². The molecule has 113 heavy (non-hydrogen) atoms. The van der Waals surface area contributed by atoms with E-state index >= 15 is 0 Å². The number of aliphatic hydroxyl groups is 5. The molecule has 43 nitrogen and oxygen atoms in total. The molecule has 1 saturated heterocycles. The Balaban J connectivity index is 3.51. The number of aliphatic hydroxyl groups excluding tert-OH is 5. The Bertz CT molecular complexity index is 3160. The second-order valence-electron chi connectivity index (χ2n) is 28.3. The lowest BCUT2D eigenvalue weighted by Gasteiger charge is -2.30. The van der Waals surface area contributed by atoms with Crippen molar-refractivity contribution in [3.05, 3.63) is 0 Å². The SMILES string of the molecule is CSCC[C@H](NC(=O)[C@H](CCC(=O)O)NC(=O)[C@H](CCCCN)NC(=O)[C@@H](NC(=O)[C@@H](NC(=O)[C@@H](NC(=O)[C@H](CO)NC(=O)[C@@H](N)CC(C)C)[C@@H](C)O)[C@@H](C)O)C(C)C)C(=O)N[C@@H](CO)C(=O)N[C@@H](CCCCN)C(=O)N[C@@H](CCCCN)C(=O)N[C@@H](C)C(=O)N1CCC[C@H]1C(=O)N[C@@H](CO)C(=O)N[C@@H](CCC(=O)O)C(=O)O. The van der Waals surface area contributed by atoms with Crippen molar-refractivity contribution >= 4 is 112 Å². The van der Waals surface area contributed by atoms with Crippen LogP contribution in [0.5, 0.6) is 0 Å². The maximum absolute atomic E-state index is 14.4. The maximum atomic E-state index is 14.4. The molecule has 1 aliphatic heterocycles. The zero-order valence-electron chi connectivity index (χ0n) is 65.3. The number of rotatable bonds is 57. The molecule has 1 rings (SSSR count). The first-order valence-corrected chi connectivity index (χ1v) is 39.0. The Hall–Kier alpha value is -9.02. The van der Waals surface area contributed by atoms with Crippen molar-refractivity contribution in [1.82, 2.24) is 74.0 Å².